The lowest BCUT2D eigenvalue weighted by atomic mass is 9.93. The van der Waals surface area contributed by atoms with Crippen molar-refractivity contribution in [3.63, 3.8) is 0 Å². The maximum absolute atomic E-state index is 13.2. The molecule has 12 heteroatoms. The lowest BCUT2D eigenvalue weighted by Crippen LogP contribution is -2.38. The smallest absolute Gasteiger partial charge is 0.381 e. The minimum absolute atomic E-state index is 0.103. The third kappa shape index (κ3) is 4.46. The number of amides is 1. The van der Waals surface area contributed by atoms with Gasteiger partial charge in [-0.2, -0.15) is 23.3 Å². The first-order chi connectivity index (χ1) is 18.3. The van der Waals surface area contributed by atoms with E-state index in [0.717, 1.165) is 42.2 Å². The van der Waals surface area contributed by atoms with E-state index in [2.05, 4.69) is 30.7 Å². The van der Waals surface area contributed by atoms with Crippen LogP contribution in [0.2, 0.25) is 0 Å². The molecule has 200 valence electrons. The maximum Gasteiger partial charge on any atom is 0.396 e. The van der Waals surface area contributed by atoms with Crippen molar-refractivity contribution in [3.05, 3.63) is 42.5 Å². The van der Waals surface area contributed by atoms with Gasteiger partial charge in [-0.3, -0.25) is 4.79 Å². The lowest BCUT2D eigenvalue weighted by Gasteiger charge is -2.28. The van der Waals surface area contributed by atoms with Gasteiger partial charge in [0.1, 0.15) is 5.65 Å². The Kier molecular flexibility index (Phi) is 6.01. The second kappa shape index (κ2) is 9.26. The summed E-state index contributed by atoms with van der Waals surface area (Å²) in [6.07, 6.45) is 6.55. The van der Waals surface area contributed by atoms with Crippen LogP contribution in [0.15, 0.2) is 36.9 Å². The molecule has 0 spiro atoms. The van der Waals surface area contributed by atoms with Crippen LogP contribution in [0.1, 0.15) is 48.9 Å². The van der Waals surface area contributed by atoms with Crippen molar-refractivity contribution in [2.24, 2.45) is 5.41 Å². The molecule has 0 aliphatic heterocycles. The van der Waals surface area contributed by atoms with Gasteiger partial charge < -0.3 is 20.4 Å². The molecule has 2 fully saturated rings. The molecule has 2 aliphatic carbocycles. The SMILES string of the molecule is CO[C@H]1CC[C@H](NC(=O)c2cnn3ccc(-c4c[nH]c5nc(NCC6(C(F)(F)F)CC6)ncc45)cc23)CC1. The number of hydrogen-bond donors (Lipinski definition) is 3. The lowest BCUT2D eigenvalue weighted by molar-refractivity contribution is -0.182. The van der Waals surface area contributed by atoms with Gasteiger partial charge in [-0.15, -0.1) is 0 Å². The summed E-state index contributed by atoms with van der Waals surface area (Å²) in [7, 11) is 1.72. The Morgan fingerprint density at radius 2 is 2.03 bits per heavy atom. The Hall–Kier alpha value is -3.67. The average molecular weight is 528 g/mol. The molecule has 0 saturated heterocycles. The number of aromatic amines is 1. The molecule has 0 atom stereocenters. The quantitative estimate of drug-likeness (QED) is 0.321. The van der Waals surface area contributed by atoms with E-state index < -0.39 is 11.6 Å². The van der Waals surface area contributed by atoms with Crippen molar-refractivity contribution in [1.82, 2.24) is 29.9 Å². The van der Waals surface area contributed by atoms with E-state index in [1.54, 1.807) is 36.4 Å². The summed E-state index contributed by atoms with van der Waals surface area (Å²) in [6, 6.07) is 3.87. The molecule has 4 aromatic heterocycles. The highest BCUT2D eigenvalue weighted by Gasteiger charge is 2.63. The summed E-state index contributed by atoms with van der Waals surface area (Å²) in [5.74, 6) is -0.0190. The van der Waals surface area contributed by atoms with Crippen molar-refractivity contribution in [2.45, 2.75) is 56.8 Å². The number of alkyl halides is 3. The molecule has 3 N–H and O–H groups in total. The number of halogens is 3. The molecule has 1 amide bonds. The van der Waals surface area contributed by atoms with E-state index in [1.807, 2.05) is 12.1 Å². The number of nitrogens with one attached hydrogen (secondary N) is 3. The van der Waals surface area contributed by atoms with Crippen LogP contribution < -0.4 is 10.6 Å². The molecule has 4 aromatic rings. The van der Waals surface area contributed by atoms with Crippen LogP contribution in [-0.2, 0) is 4.74 Å². The maximum atomic E-state index is 13.2. The molecule has 0 unspecified atom stereocenters. The number of methoxy groups -OCH3 is 1. The predicted octanol–water partition coefficient (Wildman–Crippen LogP) is 4.71. The van der Waals surface area contributed by atoms with E-state index in [-0.39, 0.29) is 43.4 Å². The van der Waals surface area contributed by atoms with Gasteiger partial charge in [0.2, 0.25) is 5.95 Å². The number of H-pyrrole nitrogens is 1. The largest absolute Gasteiger partial charge is 0.396 e. The number of carbonyl (C=O) groups is 1. The highest BCUT2D eigenvalue weighted by molar-refractivity contribution is 6.02. The number of rotatable bonds is 7. The van der Waals surface area contributed by atoms with Crippen LogP contribution in [0.3, 0.4) is 0 Å². The van der Waals surface area contributed by atoms with Gasteiger partial charge in [0.15, 0.2) is 0 Å². The number of nitrogens with zero attached hydrogens (tertiary/aromatic N) is 4. The number of carbonyl (C=O) groups excluding carboxylic acids is 1. The van der Waals surface area contributed by atoms with Crippen LogP contribution in [0.25, 0.3) is 27.7 Å². The fourth-order valence-electron chi connectivity index (χ4n) is 5.22. The van der Waals surface area contributed by atoms with Crippen molar-refractivity contribution >= 4 is 28.4 Å². The van der Waals surface area contributed by atoms with Gasteiger partial charge in [0.25, 0.3) is 5.91 Å². The summed E-state index contributed by atoms with van der Waals surface area (Å²) in [6.45, 7) is -0.244. The summed E-state index contributed by atoms with van der Waals surface area (Å²) in [4.78, 5) is 24.8. The van der Waals surface area contributed by atoms with Crippen LogP contribution in [0.4, 0.5) is 19.1 Å². The number of hydrogen-bond acceptors (Lipinski definition) is 6. The molecule has 6 rings (SSSR count). The van der Waals surface area contributed by atoms with Crippen LogP contribution in [-0.4, -0.2) is 62.4 Å². The Balaban J connectivity index is 1.21. The molecule has 2 aliphatic rings. The van der Waals surface area contributed by atoms with Crippen LogP contribution in [0.5, 0.6) is 0 Å². The van der Waals surface area contributed by atoms with E-state index >= 15 is 0 Å². The van der Waals surface area contributed by atoms with Gasteiger partial charge in [-0.1, -0.05) is 0 Å². The summed E-state index contributed by atoms with van der Waals surface area (Å²) in [5, 5.41) is 10.9. The Bertz CT molecular complexity index is 1480. The topological polar surface area (TPSA) is 109 Å². The monoisotopic (exact) mass is 527 g/mol. The zero-order chi connectivity index (χ0) is 26.5. The molecule has 4 heterocycles. The Morgan fingerprint density at radius 1 is 1.24 bits per heavy atom. The van der Waals surface area contributed by atoms with Gasteiger partial charge >= 0.3 is 6.18 Å². The van der Waals surface area contributed by atoms with Crippen molar-refractivity contribution in [1.29, 1.82) is 0 Å². The molecular weight excluding hydrogens is 499 g/mol. The number of fused-ring (bicyclic) bond motifs is 2. The first kappa shape index (κ1) is 24.7. The summed E-state index contributed by atoms with van der Waals surface area (Å²) < 4.78 is 46.8. The second-order valence-electron chi connectivity index (χ2n) is 10.3. The highest BCUT2D eigenvalue weighted by atomic mass is 19.4. The van der Waals surface area contributed by atoms with E-state index in [1.165, 1.54) is 0 Å². The minimum atomic E-state index is -4.24. The Labute approximate surface area is 216 Å². The first-order valence-electron chi connectivity index (χ1n) is 12.7. The zero-order valence-electron chi connectivity index (χ0n) is 20.8. The number of ether oxygens (including phenoxy) is 1. The predicted molar refractivity (Wildman–Crippen MR) is 135 cm³/mol. The summed E-state index contributed by atoms with van der Waals surface area (Å²) in [5.41, 5.74) is 1.63. The highest BCUT2D eigenvalue weighted by Crippen LogP contribution is 2.57. The molecule has 0 radical (unpaired) electrons. The molecule has 38 heavy (non-hydrogen) atoms. The van der Waals surface area contributed by atoms with Crippen molar-refractivity contribution in [2.75, 3.05) is 19.0 Å². The third-order valence-corrected chi connectivity index (χ3v) is 7.89. The second-order valence-corrected chi connectivity index (χ2v) is 10.3. The number of pyridine rings is 1. The molecule has 9 nitrogen and oxygen atoms in total. The van der Waals surface area contributed by atoms with E-state index in [9.17, 15) is 18.0 Å². The first-order valence-corrected chi connectivity index (χ1v) is 12.7. The van der Waals surface area contributed by atoms with Crippen molar-refractivity contribution < 1.29 is 22.7 Å². The summed E-state index contributed by atoms with van der Waals surface area (Å²) >= 11 is 0. The van der Waals surface area contributed by atoms with Gasteiger partial charge in [0, 0.05) is 49.2 Å². The minimum Gasteiger partial charge on any atom is -0.381 e. The molecule has 0 bridgehead atoms. The van der Waals surface area contributed by atoms with Gasteiger partial charge in [0.05, 0.1) is 28.8 Å². The normalized spacial score (nSPS) is 21.1. The van der Waals surface area contributed by atoms with Gasteiger partial charge in [-0.05, 0) is 56.2 Å². The zero-order valence-corrected chi connectivity index (χ0v) is 20.8. The Morgan fingerprint density at radius 3 is 2.74 bits per heavy atom. The average Bonchev–Trinajstić information content (AvgIpc) is 3.43. The third-order valence-electron chi connectivity index (χ3n) is 7.89. The molecular formula is C26H28F3N7O2. The fraction of sp³-hybridized carbons (Fsp3) is 0.462. The number of anilines is 1. The van der Waals surface area contributed by atoms with Crippen LogP contribution in [0, 0.1) is 5.41 Å². The molecule has 0 aromatic carbocycles. The van der Waals surface area contributed by atoms with Crippen molar-refractivity contribution in [3.8, 4) is 11.1 Å². The fourth-order valence-corrected chi connectivity index (χ4v) is 5.22. The number of aromatic nitrogens is 5. The van der Waals surface area contributed by atoms with E-state index in [0.29, 0.717) is 16.7 Å². The van der Waals surface area contributed by atoms with Gasteiger partial charge in [-0.25, -0.2) is 9.50 Å². The molecule has 2 saturated carbocycles. The standard InChI is InChI=1S/C26H28F3N7O2/c1-38-17-4-2-16(3-5-17)34-23(37)20-13-33-36-9-6-15(10-21(20)36)18-11-30-22-19(18)12-31-24(35-22)32-14-25(7-8-25)26(27,28)29/h6,9-13,16-17H,2-5,7-8,14H2,1H3,(H,34,37)(H2,30,31,32,35)/t16-,17-. The van der Waals surface area contributed by atoms with Crippen LogP contribution >= 0.6 is 0 Å². The van der Waals surface area contributed by atoms with E-state index in [4.69, 9.17) is 4.74 Å².